The first-order valence-electron chi connectivity index (χ1n) is 6.27. The highest BCUT2D eigenvalue weighted by Crippen LogP contribution is 2.38. The average molecular weight is 282 g/mol. The molecule has 0 aromatic carbocycles. The maximum atomic E-state index is 6.13. The van der Waals surface area contributed by atoms with Crippen molar-refractivity contribution < 1.29 is 0 Å². The molecule has 2 N–H and O–H groups in total. The summed E-state index contributed by atoms with van der Waals surface area (Å²) in [5.74, 6) is 0. The Kier molecular flexibility index (Phi) is 3.41. The van der Waals surface area contributed by atoms with E-state index in [0.717, 1.165) is 4.34 Å². The quantitative estimate of drug-likeness (QED) is 0.897. The van der Waals surface area contributed by atoms with Crippen LogP contribution in [0.15, 0.2) is 18.5 Å². The van der Waals surface area contributed by atoms with Crippen molar-refractivity contribution in [1.82, 2.24) is 15.5 Å². The number of rotatable bonds is 3. The summed E-state index contributed by atoms with van der Waals surface area (Å²) < 4.78 is 0.907. The van der Waals surface area contributed by atoms with Gasteiger partial charge in [-0.15, -0.1) is 11.3 Å². The van der Waals surface area contributed by atoms with Gasteiger partial charge in [0.2, 0.25) is 0 Å². The van der Waals surface area contributed by atoms with Crippen LogP contribution in [0.1, 0.15) is 47.9 Å². The molecule has 0 spiro atoms. The molecule has 3 nitrogen and oxygen atoms in total. The third kappa shape index (κ3) is 2.32. The molecule has 1 aliphatic carbocycles. The van der Waals surface area contributed by atoms with E-state index in [1.54, 1.807) is 11.3 Å². The molecule has 18 heavy (non-hydrogen) atoms. The average Bonchev–Trinajstić information content (AvgIpc) is 2.96. The van der Waals surface area contributed by atoms with Crippen LogP contribution in [0.5, 0.6) is 0 Å². The van der Waals surface area contributed by atoms with Gasteiger partial charge in [0.1, 0.15) is 0 Å². The largest absolute Gasteiger partial charge is 0.303 e. The predicted molar refractivity (Wildman–Crippen MR) is 75.1 cm³/mol. The Labute approximate surface area is 116 Å². The molecule has 2 aromatic rings. The Morgan fingerprint density at radius 1 is 1.61 bits per heavy atom. The maximum Gasteiger partial charge on any atom is 0.0934 e. The summed E-state index contributed by atoms with van der Waals surface area (Å²) >= 11 is 7.85. The molecule has 0 fully saturated rings. The lowest BCUT2D eigenvalue weighted by Crippen LogP contribution is -2.26. The molecule has 2 unspecified atom stereocenters. The first-order valence-corrected chi connectivity index (χ1v) is 7.46. The fourth-order valence-corrected chi connectivity index (χ4v) is 3.97. The zero-order valence-corrected chi connectivity index (χ0v) is 11.8. The highest BCUT2D eigenvalue weighted by Gasteiger charge is 2.24. The highest BCUT2D eigenvalue weighted by molar-refractivity contribution is 7.16. The Morgan fingerprint density at radius 2 is 2.50 bits per heavy atom. The van der Waals surface area contributed by atoms with Crippen molar-refractivity contribution in [1.29, 1.82) is 0 Å². The summed E-state index contributed by atoms with van der Waals surface area (Å²) in [6, 6.07) is 2.85. The van der Waals surface area contributed by atoms with Gasteiger partial charge in [0, 0.05) is 28.7 Å². The van der Waals surface area contributed by atoms with E-state index >= 15 is 0 Å². The molecular formula is C13H16ClN3S. The Morgan fingerprint density at radius 3 is 3.28 bits per heavy atom. The van der Waals surface area contributed by atoms with Crippen molar-refractivity contribution in [2.24, 2.45) is 0 Å². The van der Waals surface area contributed by atoms with Crippen molar-refractivity contribution in [3.8, 4) is 0 Å². The van der Waals surface area contributed by atoms with E-state index in [0.29, 0.717) is 12.1 Å². The minimum atomic E-state index is 0.304. The summed E-state index contributed by atoms with van der Waals surface area (Å²) in [6.45, 7) is 2.17. The van der Waals surface area contributed by atoms with Gasteiger partial charge in [0.15, 0.2) is 0 Å². The number of hydrogen-bond acceptors (Lipinski definition) is 3. The third-order valence-electron chi connectivity index (χ3n) is 3.55. The molecule has 3 rings (SSSR count). The molecule has 2 aromatic heterocycles. The van der Waals surface area contributed by atoms with Crippen LogP contribution in [0, 0.1) is 0 Å². The minimum absolute atomic E-state index is 0.304. The van der Waals surface area contributed by atoms with Crippen LogP contribution in [0.3, 0.4) is 0 Å². The van der Waals surface area contributed by atoms with E-state index < -0.39 is 0 Å². The number of halogens is 1. The van der Waals surface area contributed by atoms with Crippen molar-refractivity contribution in [3.63, 3.8) is 0 Å². The number of nitrogens with one attached hydrogen (secondary N) is 2. The molecule has 0 bridgehead atoms. The van der Waals surface area contributed by atoms with Crippen LogP contribution in [0.4, 0.5) is 0 Å². The lowest BCUT2D eigenvalue weighted by molar-refractivity contribution is 0.418. The SMILES string of the molecule is CC(NC1CCCc2sc(Cl)cc21)c1cn[nH]c1. The monoisotopic (exact) mass is 281 g/mol. The topological polar surface area (TPSA) is 40.7 Å². The molecule has 0 saturated heterocycles. The molecule has 2 atom stereocenters. The van der Waals surface area contributed by atoms with E-state index in [9.17, 15) is 0 Å². The van der Waals surface area contributed by atoms with Crippen LogP contribution in [0.2, 0.25) is 4.34 Å². The van der Waals surface area contributed by atoms with Crippen molar-refractivity contribution in [3.05, 3.63) is 38.8 Å². The minimum Gasteiger partial charge on any atom is -0.303 e. The molecule has 0 aliphatic heterocycles. The number of thiophene rings is 1. The van der Waals surface area contributed by atoms with Crippen molar-refractivity contribution >= 4 is 22.9 Å². The standard InChI is InChI=1S/C13H16ClN3S/c1-8(9-6-15-16-7-9)17-11-3-2-4-12-10(11)5-13(14)18-12/h5-8,11,17H,2-4H2,1H3,(H,15,16). The van der Waals surface area contributed by atoms with E-state index in [-0.39, 0.29) is 0 Å². The van der Waals surface area contributed by atoms with E-state index in [4.69, 9.17) is 11.6 Å². The Balaban J connectivity index is 1.78. The number of nitrogens with zero attached hydrogens (tertiary/aromatic N) is 1. The van der Waals surface area contributed by atoms with Gasteiger partial charge in [-0.1, -0.05) is 11.6 Å². The summed E-state index contributed by atoms with van der Waals surface area (Å²) in [4.78, 5) is 1.45. The van der Waals surface area contributed by atoms with Gasteiger partial charge in [-0.3, -0.25) is 5.10 Å². The third-order valence-corrected chi connectivity index (χ3v) is 4.89. The van der Waals surface area contributed by atoms with Gasteiger partial charge in [-0.25, -0.2) is 0 Å². The zero-order valence-electron chi connectivity index (χ0n) is 10.2. The van der Waals surface area contributed by atoms with E-state index in [1.807, 2.05) is 12.4 Å². The number of hydrogen-bond donors (Lipinski definition) is 2. The molecule has 1 aliphatic rings. The summed E-state index contributed by atoms with van der Waals surface area (Å²) in [5, 5.41) is 10.5. The van der Waals surface area contributed by atoms with E-state index in [2.05, 4.69) is 28.5 Å². The van der Waals surface area contributed by atoms with E-state index in [1.165, 1.54) is 35.3 Å². The van der Waals surface area contributed by atoms with Gasteiger partial charge in [-0.05, 0) is 37.8 Å². The highest BCUT2D eigenvalue weighted by atomic mass is 35.5. The van der Waals surface area contributed by atoms with Crippen LogP contribution >= 0.6 is 22.9 Å². The molecule has 0 amide bonds. The molecule has 0 saturated carbocycles. The second-order valence-corrected chi connectivity index (χ2v) is 6.56. The number of H-pyrrole nitrogens is 1. The Hall–Kier alpha value is -0.840. The van der Waals surface area contributed by atoms with Gasteiger partial charge < -0.3 is 5.32 Å². The van der Waals surface area contributed by atoms with Crippen LogP contribution in [-0.2, 0) is 6.42 Å². The number of aromatic nitrogens is 2. The Bertz CT molecular complexity index is 520. The van der Waals surface area contributed by atoms with Gasteiger partial charge in [-0.2, -0.15) is 5.10 Å². The predicted octanol–water partition coefficient (Wildman–Crippen LogP) is 3.85. The second-order valence-electron chi connectivity index (χ2n) is 4.79. The van der Waals surface area contributed by atoms with Crippen LogP contribution in [-0.4, -0.2) is 10.2 Å². The second kappa shape index (κ2) is 5.03. The molecule has 96 valence electrons. The summed E-state index contributed by atoms with van der Waals surface area (Å²) in [6.07, 6.45) is 7.41. The smallest absolute Gasteiger partial charge is 0.0934 e. The molecule has 2 heterocycles. The number of aryl methyl sites for hydroxylation is 1. The summed E-state index contributed by atoms with van der Waals surface area (Å²) in [5.41, 5.74) is 2.59. The first kappa shape index (κ1) is 12.2. The molecule has 5 heteroatoms. The van der Waals surface area contributed by atoms with Gasteiger partial charge >= 0.3 is 0 Å². The van der Waals surface area contributed by atoms with Crippen molar-refractivity contribution in [2.75, 3.05) is 0 Å². The molecule has 0 radical (unpaired) electrons. The van der Waals surface area contributed by atoms with Gasteiger partial charge in [0.05, 0.1) is 10.5 Å². The van der Waals surface area contributed by atoms with Crippen LogP contribution < -0.4 is 5.32 Å². The first-order chi connectivity index (χ1) is 8.74. The van der Waals surface area contributed by atoms with Crippen LogP contribution in [0.25, 0.3) is 0 Å². The van der Waals surface area contributed by atoms with Crippen molar-refractivity contribution in [2.45, 2.75) is 38.3 Å². The number of fused-ring (bicyclic) bond motifs is 1. The van der Waals surface area contributed by atoms with Gasteiger partial charge in [0.25, 0.3) is 0 Å². The maximum absolute atomic E-state index is 6.13. The lowest BCUT2D eigenvalue weighted by atomic mass is 9.93. The summed E-state index contributed by atoms with van der Waals surface area (Å²) in [7, 11) is 0. The number of aromatic amines is 1. The lowest BCUT2D eigenvalue weighted by Gasteiger charge is -2.26. The normalized spacial score (nSPS) is 20.7. The zero-order chi connectivity index (χ0) is 12.5. The molecular weight excluding hydrogens is 266 g/mol. The fourth-order valence-electron chi connectivity index (χ4n) is 2.59. The fraction of sp³-hybridized carbons (Fsp3) is 0.462.